The molecule has 0 spiro atoms. The van der Waals surface area contributed by atoms with Gasteiger partial charge >= 0.3 is 0 Å². The lowest BCUT2D eigenvalue weighted by atomic mass is 10.1. The van der Waals surface area contributed by atoms with Gasteiger partial charge in [-0.1, -0.05) is 35.3 Å². The maximum absolute atomic E-state index is 12.9. The summed E-state index contributed by atoms with van der Waals surface area (Å²) in [6, 6.07) is 9.24. The molecule has 0 saturated heterocycles. The Morgan fingerprint density at radius 2 is 1.71 bits per heavy atom. The number of sulfonamides is 1. The number of halogens is 3. The number of nitrogens with one attached hydrogen (secondary N) is 1. The SMILES string of the molecule is C[C@H](NS(=O)(=O)c1cc(Cl)ccc1Cl)c1ccc(F)cc1. The summed E-state index contributed by atoms with van der Waals surface area (Å²) in [7, 11) is -3.83. The molecule has 0 unspecified atom stereocenters. The van der Waals surface area contributed by atoms with E-state index in [0.29, 0.717) is 5.56 Å². The van der Waals surface area contributed by atoms with Gasteiger partial charge in [-0.3, -0.25) is 0 Å². The average molecular weight is 348 g/mol. The third kappa shape index (κ3) is 3.95. The van der Waals surface area contributed by atoms with Gasteiger partial charge in [0.25, 0.3) is 0 Å². The topological polar surface area (TPSA) is 46.2 Å². The van der Waals surface area contributed by atoms with Gasteiger partial charge in [0.15, 0.2) is 0 Å². The highest BCUT2D eigenvalue weighted by atomic mass is 35.5. The van der Waals surface area contributed by atoms with Crippen molar-refractivity contribution >= 4 is 33.2 Å². The van der Waals surface area contributed by atoms with Gasteiger partial charge in [-0.15, -0.1) is 0 Å². The second-order valence-electron chi connectivity index (χ2n) is 4.47. The van der Waals surface area contributed by atoms with Crippen molar-refractivity contribution in [1.82, 2.24) is 4.72 Å². The summed E-state index contributed by atoms with van der Waals surface area (Å²) in [6.45, 7) is 1.66. The summed E-state index contributed by atoms with van der Waals surface area (Å²) >= 11 is 11.7. The van der Waals surface area contributed by atoms with E-state index >= 15 is 0 Å². The van der Waals surface area contributed by atoms with Gasteiger partial charge in [0.05, 0.1) is 5.02 Å². The lowest BCUT2D eigenvalue weighted by molar-refractivity contribution is 0.566. The van der Waals surface area contributed by atoms with Crippen LogP contribution in [0.2, 0.25) is 10.0 Å². The fourth-order valence-electron chi connectivity index (χ4n) is 1.80. The molecule has 1 N–H and O–H groups in total. The molecule has 21 heavy (non-hydrogen) atoms. The van der Waals surface area contributed by atoms with Crippen molar-refractivity contribution in [2.75, 3.05) is 0 Å². The fourth-order valence-corrected chi connectivity index (χ4v) is 3.79. The Kier molecular flexibility index (Phi) is 4.88. The number of hydrogen-bond acceptors (Lipinski definition) is 2. The summed E-state index contributed by atoms with van der Waals surface area (Å²) < 4.78 is 40.0. The Bertz CT molecular complexity index is 748. The zero-order valence-electron chi connectivity index (χ0n) is 11.0. The normalized spacial score (nSPS) is 13.1. The number of rotatable bonds is 4. The summed E-state index contributed by atoms with van der Waals surface area (Å²) in [5.74, 6) is -0.383. The van der Waals surface area contributed by atoms with E-state index in [-0.39, 0.29) is 20.8 Å². The van der Waals surface area contributed by atoms with Gasteiger partial charge in [-0.25, -0.2) is 17.5 Å². The first-order valence-corrected chi connectivity index (χ1v) is 8.26. The van der Waals surface area contributed by atoms with Gasteiger partial charge in [0.2, 0.25) is 10.0 Å². The van der Waals surface area contributed by atoms with Crippen molar-refractivity contribution < 1.29 is 12.8 Å². The first-order valence-electron chi connectivity index (χ1n) is 6.02. The standard InChI is InChI=1S/C14H12Cl2FNO2S/c1-9(10-2-5-12(17)6-3-10)18-21(19,20)14-8-11(15)4-7-13(14)16/h2-9,18H,1H3/t9-/m0/s1. The van der Waals surface area contributed by atoms with Crippen molar-refractivity contribution in [2.24, 2.45) is 0 Å². The van der Waals surface area contributed by atoms with Crippen molar-refractivity contribution in [1.29, 1.82) is 0 Å². The summed E-state index contributed by atoms with van der Waals surface area (Å²) in [6.07, 6.45) is 0. The highest BCUT2D eigenvalue weighted by Crippen LogP contribution is 2.26. The largest absolute Gasteiger partial charge is 0.242 e. The van der Waals surface area contributed by atoms with Crippen molar-refractivity contribution in [2.45, 2.75) is 17.9 Å². The van der Waals surface area contributed by atoms with Crippen LogP contribution in [0.3, 0.4) is 0 Å². The van der Waals surface area contributed by atoms with Crippen molar-refractivity contribution in [3.8, 4) is 0 Å². The van der Waals surface area contributed by atoms with E-state index in [2.05, 4.69) is 4.72 Å². The zero-order valence-corrected chi connectivity index (χ0v) is 13.3. The summed E-state index contributed by atoms with van der Waals surface area (Å²) in [5.41, 5.74) is 0.637. The van der Waals surface area contributed by atoms with E-state index < -0.39 is 16.1 Å². The molecule has 0 aliphatic carbocycles. The Morgan fingerprint density at radius 3 is 2.33 bits per heavy atom. The molecule has 7 heteroatoms. The Labute approximate surface area is 132 Å². The van der Waals surface area contributed by atoms with Gasteiger partial charge < -0.3 is 0 Å². The fraction of sp³-hybridized carbons (Fsp3) is 0.143. The molecule has 0 aliphatic heterocycles. The van der Waals surface area contributed by atoms with Gasteiger partial charge in [0, 0.05) is 11.1 Å². The molecule has 3 nitrogen and oxygen atoms in total. The Balaban J connectivity index is 2.28. The maximum atomic E-state index is 12.9. The first-order chi connectivity index (χ1) is 9.79. The van der Waals surface area contributed by atoms with E-state index in [0.717, 1.165) is 0 Å². The average Bonchev–Trinajstić information content (AvgIpc) is 2.41. The summed E-state index contributed by atoms with van der Waals surface area (Å²) in [5, 5.41) is 0.354. The molecule has 2 aromatic rings. The van der Waals surface area contributed by atoms with E-state index in [1.54, 1.807) is 6.92 Å². The molecule has 2 rings (SSSR count). The van der Waals surface area contributed by atoms with Gasteiger partial charge in [0.1, 0.15) is 10.7 Å². The molecular formula is C14H12Cl2FNO2S. The van der Waals surface area contributed by atoms with Crippen LogP contribution in [0.4, 0.5) is 4.39 Å². The molecule has 1 atom stereocenters. The van der Waals surface area contributed by atoms with Crippen LogP contribution in [-0.4, -0.2) is 8.42 Å². The third-order valence-electron chi connectivity index (χ3n) is 2.88. The van der Waals surface area contributed by atoms with Crippen LogP contribution in [-0.2, 0) is 10.0 Å². The second kappa shape index (κ2) is 6.32. The van der Waals surface area contributed by atoms with Crippen LogP contribution in [0.5, 0.6) is 0 Å². The predicted molar refractivity (Wildman–Crippen MR) is 81.6 cm³/mol. The molecule has 0 saturated carbocycles. The molecule has 0 heterocycles. The minimum Gasteiger partial charge on any atom is -0.207 e. The highest BCUT2D eigenvalue weighted by molar-refractivity contribution is 7.89. The number of benzene rings is 2. The van der Waals surface area contributed by atoms with Crippen LogP contribution in [0.25, 0.3) is 0 Å². The van der Waals surface area contributed by atoms with Crippen LogP contribution in [0.1, 0.15) is 18.5 Å². The third-order valence-corrected chi connectivity index (χ3v) is 5.14. The zero-order chi connectivity index (χ0) is 15.6. The van der Waals surface area contributed by atoms with Crippen LogP contribution in [0, 0.1) is 5.82 Å². The van der Waals surface area contributed by atoms with Crippen LogP contribution in [0.15, 0.2) is 47.4 Å². The molecule has 112 valence electrons. The van der Waals surface area contributed by atoms with E-state index in [1.165, 1.54) is 42.5 Å². The quantitative estimate of drug-likeness (QED) is 0.901. The molecule has 0 amide bonds. The minimum atomic E-state index is -3.83. The van der Waals surface area contributed by atoms with E-state index in [9.17, 15) is 12.8 Å². The maximum Gasteiger partial charge on any atom is 0.242 e. The van der Waals surface area contributed by atoms with Crippen molar-refractivity contribution in [3.63, 3.8) is 0 Å². The molecule has 0 radical (unpaired) electrons. The van der Waals surface area contributed by atoms with Crippen LogP contribution < -0.4 is 4.72 Å². The molecule has 0 aliphatic rings. The first kappa shape index (κ1) is 16.2. The lowest BCUT2D eigenvalue weighted by Crippen LogP contribution is -2.27. The highest BCUT2D eigenvalue weighted by Gasteiger charge is 2.21. The van der Waals surface area contributed by atoms with E-state index in [1.807, 2.05) is 0 Å². The molecule has 0 bridgehead atoms. The molecular weight excluding hydrogens is 336 g/mol. The van der Waals surface area contributed by atoms with Gasteiger partial charge in [-0.2, -0.15) is 0 Å². The van der Waals surface area contributed by atoms with Crippen LogP contribution >= 0.6 is 23.2 Å². The lowest BCUT2D eigenvalue weighted by Gasteiger charge is -2.15. The monoisotopic (exact) mass is 347 g/mol. The van der Waals surface area contributed by atoms with Gasteiger partial charge in [-0.05, 0) is 42.8 Å². The smallest absolute Gasteiger partial charge is 0.207 e. The molecule has 0 aromatic heterocycles. The van der Waals surface area contributed by atoms with E-state index in [4.69, 9.17) is 23.2 Å². The second-order valence-corrected chi connectivity index (χ2v) is 7.00. The Morgan fingerprint density at radius 1 is 1.10 bits per heavy atom. The summed E-state index contributed by atoms with van der Waals surface area (Å²) in [4.78, 5) is -0.0920. The molecule has 0 fully saturated rings. The Hall–Kier alpha value is -1.14. The minimum absolute atomic E-state index is 0.0817. The number of hydrogen-bond donors (Lipinski definition) is 1. The predicted octanol–water partition coefficient (Wildman–Crippen LogP) is 4.17. The van der Waals surface area contributed by atoms with Crippen molar-refractivity contribution in [3.05, 3.63) is 63.9 Å². The molecule has 2 aromatic carbocycles.